The van der Waals surface area contributed by atoms with Crippen LogP contribution in [-0.4, -0.2) is 11.1 Å². The van der Waals surface area contributed by atoms with E-state index in [1.807, 2.05) is 36.4 Å². The summed E-state index contributed by atoms with van der Waals surface area (Å²) >= 11 is 12.0. The fourth-order valence-corrected chi connectivity index (χ4v) is 2.52. The molecule has 0 amide bonds. The molecule has 0 bridgehead atoms. The van der Waals surface area contributed by atoms with Crippen molar-refractivity contribution in [2.75, 3.05) is 0 Å². The van der Waals surface area contributed by atoms with Gasteiger partial charge in [0.2, 0.25) is 0 Å². The molecule has 0 heterocycles. The lowest BCUT2D eigenvalue weighted by molar-refractivity contribution is -0.141. The van der Waals surface area contributed by atoms with Gasteiger partial charge >= 0.3 is 5.97 Å². The second-order valence-electron chi connectivity index (χ2n) is 4.80. The standard InChI is InChI=1S/C16H14Cl2O2/c1-10(16(19)20)6-11-2-4-12(5-3-11)13-7-14(17)9-15(18)8-13/h2-5,7-10H,6H2,1H3,(H,19,20). The van der Waals surface area contributed by atoms with Crippen molar-refractivity contribution in [3.05, 3.63) is 58.1 Å². The molecule has 1 atom stereocenters. The highest BCUT2D eigenvalue weighted by atomic mass is 35.5. The van der Waals surface area contributed by atoms with Crippen LogP contribution in [0.5, 0.6) is 0 Å². The summed E-state index contributed by atoms with van der Waals surface area (Å²) in [6.45, 7) is 1.70. The third kappa shape index (κ3) is 3.75. The van der Waals surface area contributed by atoms with Crippen LogP contribution in [0.15, 0.2) is 42.5 Å². The lowest BCUT2D eigenvalue weighted by Gasteiger charge is -2.08. The van der Waals surface area contributed by atoms with E-state index in [0.717, 1.165) is 16.7 Å². The largest absolute Gasteiger partial charge is 0.481 e. The Hall–Kier alpha value is -1.51. The molecule has 0 aliphatic heterocycles. The first kappa shape index (κ1) is 14.9. The summed E-state index contributed by atoms with van der Waals surface area (Å²) in [6.07, 6.45) is 0.520. The Bertz CT molecular complexity index is 601. The van der Waals surface area contributed by atoms with Gasteiger partial charge in [-0.3, -0.25) is 4.79 Å². The Balaban J connectivity index is 2.21. The van der Waals surface area contributed by atoms with Crippen molar-refractivity contribution in [1.82, 2.24) is 0 Å². The normalized spacial score (nSPS) is 12.2. The van der Waals surface area contributed by atoms with E-state index in [1.165, 1.54) is 0 Å². The number of carbonyl (C=O) groups is 1. The molecule has 4 heteroatoms. The predicted octanol–water partition coefficient (Wildman–Crippen LogP) is 4.92. The Kier molecular flexibility index (Phi) is 4.69. The van der Waals surface area contributed by atoms with E-state index < -0.39 is 5.97 Å². The van der Waals surface area contributed by atoms with Crippen LogP contribution >= 0.6 is 23.2 Å². The van der Waals surface area contributed by atoms with Gasteiger partial charge in [-0.1, -0.05) is 54.4 Å². The maximum atomic E-state index is 10.8. The van der Waals surface area contributed by atoms with E-state index in [-0.39, 0.29) is 5.92 Å². The Morgan fingerprint density at radius 3 is 2.10 bits per heavy atom. The van der Waals surface area contributed by atoms with Crippen molar-refractivity contribution >= 4 is 29.2 Å². The first-order valence-corrected chi connectivity index (χ1v) is 6.99. The lowest BCUT2D eigenvalue weighted by atomic mass is 9.98. The summed E-state index contributed by atoms with van der Waals surface area (Å²) in [5.41, 5.74) is 2.94. The smallest absolute Gasteiger partial charge is 0.306 e. The summed E-state index contributed by atoms with van der Waals surface area (Å²) in [6, 6.07) is 13.2. The fraction of sp³-hybridized carbons (Fsp3) is 0.188. The van der Waals surface area contributed by atoms with Crippen molar-refractivity contribution in [1.29, 1.82) is 0 Å². The van der Waals surface area contributed by atoms with E-state index in [1.54, 1.807) is 13.0 Å². The zero-order valence-corrected chi connectivity index (χ0v) is 12.4. The van der Waals surface area contributed by atoms with Gasteiger partial charge in [-0.05, 0) is 41.3 Å². The first-order valence-electron chi connectivity index (χ1n) is 6.24. The maximum absolute atomic E-state index is 10.8. The molecule has 0 radical (unpaired) electrons. The van der Waals surface area contributed by atoms with E-state index in [4.69, 9.17) is 28.3 Å². The second-order valence-corrected chi connectivity index (χ2v) is 5.67. The predicted molar refractivity (Wildman–Crippen MR) is 82.4 cm³/mol. The van der Waals surface area contributed by atoms with Crippen molar-refractivity contribution in [2.45, 2.75) is 13.3 Å². The number of benzene rings is 2. The van der Waals surface area contributed by atoms with Crippen LogP contribution in [0.1, 0.15) is 12.5 Å². The number of rotatable bonds is 4. The van der Waals surface area contributed by atoms with Gasteiger partial charge in [0.1, 0.15) is 0 Å². The number of halogens is 2. The minimum Gasteiger partial charge on any atom is -0.481 e. The molecule has 0 aliphatic rings. The van der Waals surface area contributed by atoms with Gasteiger partial charge in [0, 0.05) is 10.0 Å². The lowest BCUT2D eigenvalue weighted by Crippen LogP contribution is -2.12. The number of hydrogen-bond donors (Lipinski definition) is 1. The van der Waals surface area contributed by atoms with E-state index in [0.29, 0.717) is 16.5 Å². The molecule has 0 aliphatic carbocycles. The molecule has 20 heavy (non-hydrogen) atoms. The number of carboxylic acid groups (broad SMARTS) is 1. The zero-order valence-electron chi connectivity index (χ0n) is 10.9. The van der Waals surface area contributed by atoms with Crippen molar-refractivity contribution in [3.8, 4) is 11.1 Å². The molecule has 2 aromatic rings. The summed E-state index contributed by atoms with van der Waals surface area (Å²) in [5.74, 6) is -1.17. The molecular formula is C16H14Cl2O2. The third-order valence-electron chi connectivity index (χ3n) is 3.11. The quantitative estimate of drug-likeness (QED) is 0.870. The Morgan fingerprint density at radius 1 is 1.05 bits per heavy atom. The van der Waals surface area contributed by atoms with Crippen LogP contribution in [0.4, 0.5) is 0 Å². The molecule has 1 unspecified atom stereocenters. The third-order valence-corrected chi connectivity index (χ3v) is 3.55. The highest BCUT2D eigenvalue weighted by Gasteiger charge is 2.11. The van der Waals surface area contributed by atoms with Crippen LogP contribution in [0, 0.1) is 5.92 Å². The molecule has 0 spiro atoms. The summed E-state index contributed by atoms with van der Waals surface area (Å²) in [7, 11) is 0. The average Bonchev–Trinajstić information content (AvgIpc) is 2.38. The number of aliphatic carboxylic acids is 1. The Morgan fingerprint density at radius 2 is 1.60 bits per heavy atom. The van der Waals surface area contributed by atoms with Gasteiger partial charge in [0.25, 0.3) is 0 Å². The first-order chi connectivity index (χ1) is 9.45. The molecule has 0 saturated carbocycles. The van der Waals surface area contributed by atoms with Gasteiger partial charge in [0.05, 0.1) is 5.92 Å². The van der Waals surface area contributed by atoms with Crippen molar-refractivity contribution < 1.29 is 9.90 Å². The van der Waals surface area contributed by atoms with Gasteiger partial charge in [-0.2, -0.15) is 0 Å². The van der Waals surface area contributed by atoms with Crippen LogP contribution in [0.2, 0.25) is 10.0 Å². The van der Waals surface area contributed by atoms with Crippen LogP contribution < -0.4 is 0 Å². The SMILES string of the molecule is CC(Cc1ccc(-c2cc(Cl)cc(Cl)c2)cc1)C(=O)O. The molecule has 2 rings (SSSR count). The van der Waals surface area contributed by atoms with Crippen LogP contribution in [-0.2, 0) is 11.2 Å². The summed E-state index contributed by atoms with van der Waals surface area (Å²) in [4.78, 5) is 10.8. The van der Waals surface area contributed by atoms with Crippen LogP contribution in [0.25, 0.3) is 11.1 Å². The van der Waals surface area contributed by atoms with Crippen molar-refractivity contribution in [3.63, 3.8) is 0 Å². The van der Waals surface area contributed by atoms with Crippen LogP contribution in [0.3, 0.4) is 0 Å². The minimum absolute atomic E-state index is 0.388. The molecule has 104 valence electrons. The van der Waals surface area contributed by atoms with Gasteiger partial charge in [0.15, 0.2) is 0 Å². The highest BCUT2D eigenvalue weighted by Crippen LogP contribution is 2.27. The van der Waals surface area contributed by atoms with Gasteiger partial charge in [-0.15, -0.1) is 0 Å². The number of carboxylic acids is 1. The molecule has 0 aromatic heterocycles. The molecule has 2 nitrogen and oxygen atoms in total. The molecule has 2 aromatic carbocycles. The van der Waals surface area contributed by atoms with E-state index in [2.05, 4.69) is 0 Å². The fourth-order valence-electron chi connectivity index (χ4n) is 1.99. The van der Waals surface area contributed by atoms with Gasteiger partial charge < -0.3 is 5.11 Å². The second kappa shape index (κ2) is 6.29. The maximum Gasteiger partial charge on any atom is 0.306 e. The van der Waals surface area contributed by atoms with E-state index >= 15 is 0 Å². The summed E-state index contributed by atoms with van der Waals surface area (Å²) in [5, 5.41) is 10.1. The Labute approximate surface area is 128 Å². The van der Waals surface area contributed by atoms with Gasteiger partial charge in [-0.25, -0.2) is 0 Å². The number of hydrogen-bond acceptors (Lipinski definition) is 1. The minimum atomic E-state index is -0.782. The average molecular weight is 309 g/mol. The molecule has 0 fully saturated rings. The molecular weight excluding hydrogens is 295 g/mol. The van der Waals surface area contributed by atoms with E-state index in [9.17, 15) is 4.79 Å². The summed E-state index contributed by atoms with van der Waals surface area (Å²) < 4.78 is 0. The topological polar surface area (TPSA) is 37.3 Å². The van der Waals surface area contributed by atoms with Crippen molar-refractivity contribution in [2.24, 2.45) is 5.92 Å². The molecule has 1 N–H and O–H groups in total. The highest BCUT2D eigenvalue weighted by molar-refractivity contribution is 6.35. The zero-order chi connectivity index (χ0) is 14.7. The molecule has 0 saturated heterocycles. The monoisotopic (exact) mass is 308 g/mol.